The highest BCUT2D eigenvalue weighted by Gasteiger charge is 2.33. The van der Waals surface area contributed by atoms with Crippen molar-refractivity contribution in [2.75, 3.05) is 19.6 Å². The van der Waals surface area contributed by atoms with Crippen LogP contribution in [0, 0.1) is 17.3 Å². The maximum atomic E-state index is 12.1. The molecule has 0 aromatic carbocycles. The van der Waals surface area contributed by atoms with Crippen LogP contribution in [0.4, 0.5) is 0 Å². The van der Waals surface area contributed by atoms with E-state index in [1.54, 1.807) is 0 Å². The molecular weight excluding hydrogens is 210 g/mol. The largest absolute Gasteiger partial charge is 0.298 e. The number of likely N-dealkylation sites (tertiary alicyclic amines) is 1. The first-order valence-corrected chi connectivity index (χ1v) is 7.22. The van der Waals surface area contributed by atoms with Crippen molar-refractivity contribution >= 4 is 5.78 Å². The molecule has 0 bridgehead atoms. The lowest BCUT2D eigenvalue weighted by atomic mass is 9.75. The van der Waals surface area contributed by atoms with Crippen LogP contribution in [0.15, 0.2) is 0 Å². The summed E-state index contributed by atoms with van der Waals surface area (Å²) in [7, 11) is 0. The molecule has 1 heterocycles. The number of piperidine rings is 1. The number of hydrogen-bond acceptors (Lipinski definition) is 2. The van der Waals surface area contributed by atoms with Crippen LogP contribution in [-0.2, 0) is 4.79 Å². The zero-order valence-electron chi connectivity index (χ0n) is 11.7. The zero-order valence-corrected chi connectivity index (χ0v) is 11.7. The predicted molar refractivity (Wildman–Crippen MR) is 71.0 cm³/mol. The van der Waals surface area contributed by atoms with Crippen LogP contribution < -0.4 is 0 Å². The van der Waals surface area contributed by atoms with Crippen molar-refractivity contribution < 1.29 is 4.79 Å². The van der Waals surface area contributed by atoms with E-state index in [9.17, 15) is 4.79 Å². The van der Waals surface area contributed by atoms with Crippen molar-refractivity contribution in [3.05, 3.63) is 0 Å². The van der Waals surface area contributed by atoms with E-state index >= 15 is 0 Å². The first kappa shape index (κ1) is 13.1. The third-order valence-electron chi connectivity index (χ3n) is 4.58. The van der Waals surface area contributed by atoms with Crippen LogP contribution in [0.3, 0.4) is 0 Å². The van der Waals surface area contributed by atoms with Crippen LogP contribution >= 0.6 is 0 Å². The van der Waals surface area contributed by atoms with Crippen molar-refractivity contribution in [1.82, 2.24) is 4.90 Å². The van der Waals surface area contributed by atoms with Gasteiger partial charge in [-0.15, -0.1) is 0 Å². The number of fused-ring (bicyclic) bond motifs is 1. The number of carbonyl (C=O) groups excluding carboxylic acids is 1. The average Bonchev–Trinajstić information content (AvgIpc) is 2.27. The minimum Gasteiger partial charge on any atom is -0.298 e. The second-order valence-corrected chi connectivity index (χ2v) is 7.00. The van der Waals surface area contributed by atoms with Gasteiger partial charge in [0.15, 0.2) is 5.78 Å². The molecular formula is C15H27NO. The van der Waals surface area contributed by atoms with E-state index < -0.39 is 0 Å². The van der Waals surface area contributed by atoms with Gasteiger partial charge in [-0.25, -0.2) is 0 Å². The second kappa shape index (κ2) is 5.09. The Balaban J connectivity index is 1.86. The lowest BCUT2D eigenvalue weighted by Crippen LogP contribution is -2.45. The molecule has 2 heteroatoms. The number of Topliss-reactive ketones (excluding diaryl/α,β-unsaturated/α-hetero) is 1. The molecule has 0 aromatic rings. The van der Waals surface area contributed by atoms with Gasteiger partial charge in [-0.05, 0) is 31.2 Å². The molecule has 1 saturated heterocycles. The van der Waals surface area contributed by atoms with Gasteiger partial charge in [-0.1, -0.05) is 40.0 Å². The lowest BCUT2D eigenvalue weighted by Gasteiger charge is -2.41. The molecule has 17 heavy (non-hydrogen) atoms. The fourth-order valence-electron chi connectivity index (χ4n) is 3.26. The van der Waals surface area contributed by atoms with Gasteiger partial charge in [0.05, 0.1) is 6.54 Å². The quantitative estimate of drug-likeness (QED) is 0.735. The van der Waals surface area contributed by atoms with Gasteiger partial charge >= 0.3 is 0 Å². The number of nitrogens with zero attached hydrogens (tertiary/aromatic N) is 1. The number of carbonyl (C=O) groups is 1. The smallest absolute Gasteiger partial charge is 0.152 e. The first-order valence-electron chi connectivity index (χ1n) is 7.22. The molecule has 2 nitrogen and oxygen atoms in total. The summed E-state index contributed by atoms with van der Waals surface area (Å²) >= 11 is 0. The molecule has 98 valence electrons. The third kappa shape index (κ3) is 3.31. The topological polar surface area (TPSA) is 20.3 Å². The standard InChI is InChI=1S/C15H27NO/c1-15(2,3)14(17)11-16-9-8-12-6-4-5-7-13(12)10-16/h12-13H,4-11H2,1-3H3/t12-,13-/m1/s1. The summed E-state index contributed by atoms with van der Waals surface area (Å²) in [5.41, 5.74) is -0.177. The Morgan fingerprint density at radius 2 is 1.76 bits per heavy atom. The molecule has 2 aliphatic rings. The third-order valence-corrected chi connectivity index (χ3v) is 4.58. The molecule has 1 aliphatic heterocycles. The molecule has 1 aliphatic carbocycles. The Morgan fingerprint density at radius 1 is 1.12 bits per heavy atom. The highest BCUT2D eigenvalue weighted by molar-refractivity contribution is 5.85. The van der Waals surface area contributed by atoms with Gasteiger partial charge < -0.3 is 0 Å². The maximum absolute atomic E-state index is 12.1. The monoisotopic (exact) mass is 237 g/mol. The number of hydrogen-bond donors (Lipinski definition) is 0. The fraction of sp³-hybridized carbons (Fsp3) is 0.933. The van der Waals surface area contributed by atoms with E-state index in [4.69, 9.17) is 0 Å². The van der Waals surface area contributed by atoms with E-state index in [-0.39, 0.29) is 5.41 Å². The van der Waals surface area contributed by atoms with Gasteiger partial charge in [0.1, 0.15) is 0 Å². The van der Waals surface area contributed by atoms with E-state index in [0.29, 0.717) is 12.3 Å². The highest BCUT2D eigenvalue weighted by Crippen LogP contribution is 2.36. The molecule has 2 fully saturated rings. The van der Waals surface area contributed by atoms with E-state index in [1.165, 1.54) is 38.6 Å². The number of rotatable bonds is 2. The summed E-state index contributed by atoms with van der Waals surface area (Å²) in [6.45, 7) is 9.08. The maximum Gasteiger partial charge on any atom is 0.152 e. The van der Waals surface area contributed by atoms with Crippen molar-refractivity contribution in [1.29, 1.82) is 0 Å². The molecule has 2 atom stereocenters. The van der Waals surface area contributed by atoms with Gasteiger partial charge in [-0.3, -0.25) is 9.69 Å². The molecule has 0 N–H and O–H groups in total. The second-order valence-electron chi connectivity index (χ2n) is 7.00. The molecule has 0 unspecified atom stereocenters. The Hall–Kier alpha value is -0.370. The van der Waals surface area contributed by atoms with Crippen molar-refractivity contribution in [2.24, 2.45) is 17.3 Å². The van der Waals surface area contributed by atoms with Crippen molar-refractivity contribution in [2.45, 2.75) is 52.9 Å². The predicted octanol–water partition coefficient (Wildman–Crippen LogP) is 3.11. The molecule has 0 spiro atoms. The van der Waals surface area contributed by atoms with Gasteiger partial charge in [0.25, 0.3) is 0 Å². The summed E-state index contributed by atoms with van der Waals surface area (Å²) in [6, 6.07) is 0. The van der Waals surface area contributed by atoms with E-state index in [0.717, 1.165) is 18.4 Å². The summed E-state index contributed by atoms with van der Waals surface area (Å²) in [6.07, 6.45) is 6.99. The molecule has 1 saturated carbocycles. The Kier molecular flexibility index (Phi) is 3.92. The number of ketones is 1. The molecule has 0 amide bonds. The minimum atomic E-state index is -0.177. The van der Waals surface area contributed by atoms with Crippen molar-refractivity contribution in [3.63, 3.8) is 0 Å². The van der Waals surface area contributed by atoms with E-state index in [1.807, 2.05) is 20.8 Å². The Labute approximate surface area is 106 Å². The van der Waals surface area contributed by atoms with Crippen LogP contribution in [0.5, 0.6) is 0 Å². The normalized spacial score (nSPS) is 31.0. The Morgan fingerprint density at radius 3 is 2.41 bits per heavy atom. The van der Waals surface area contributed by atoms with Crippen molar-refractivity contribution in [3.8, 4) is 0 Å². The summed E-state index contributed by atoms with van der Waals surface area (Å²) in [5, 5.41) is 0. The van der Waals surface area contributed by atoms with Crippen LogP contribution in [0.1, 0.15) is 52.9 Å². The minimum absolute atomic E-state index is 0.177. The van der Waals surface area contributed by atoms with Crippen LogP contribution in [-0.4, -0.2) is 30.3 Å². The molecule has 0 aromatic heterocycles. The zero-order chi connectivity index (χ0) is 12.5. The summed E-state index contributed by atoms with van der Waals surface area (Å²) in [5.74, 6) is 2.24. The van der Waals surface area contributed by atoms with Gasteiger partial charge in [-0.2, -0.15) is 0 Å². The average molecular weight is 237 g/mol. The SMILES string of the molecule is CC(C)(C)C(=O)CN1CC[C@H]2CCCC[C@@H]2C1. The fourth-order valence-corrected chi connectivity index (χ4v) is 3.26. The lowest BCUT2D eigenvalue weighted by molar-refractivity contribution is -0.128. The first-order chi connectivity index (χ1) is 7.97. The van der Waals surface area contributed by atoms with Gasteiger partial charge in [0, 0.05) is 12.0 Å². The molecule has 0 radical (unpaired) electrons. The van der Waals surface area contributed by atoms with Crippen LogP contribution in [0.25, 0.3) is 0 Å². The highest BCUT2D eigenvalue weighted by atomic mass is 16.1. The van der Waals surface area contributed by atoms with E-state index in [2.05, 4.69) is 4.90 Å². The summed E-state index contributed by atoms with van der Waals surface area (Å²) < 4.78 is 0. The Bertz CT molecular complexity index is 279. The van der Waals surface area contributed by atoms with Crippen LogP contribution in [0.2, 0.25) is 0 Å². The van der Waals surface area contributed by atoms with Gasteiger partial charge in [0.2, 0.25) is 0 Å². The summed E-state index contributed by atoms with van der Waals surface area (Å²) in [4.78, 5) is 14.5. The molecule has 2 rings (SSSR count).